The molecule has 0 aromatic carbocycles. The first-order valence-corrected chi connectivity index (χ1v) is 8.73. The quantitative estimate of drug-likeness (QED) is 0.546. The van der Waals surface area contributed by atoms with E-state index in [0.29, 0.717) is 35.1 Å². The molecule has 1 aliphatic rings. The van der Waals surface area contributed by atoms with Crippen LogP contribution in [0.1, 0.15) is 35.7 Å². The number of aromatic nitrogens is 3. The van der Waals surface area contributed by atoms with Gasteiger partial charge in [0.25, 0.3) is 5.91 Å². The standard InChI is InChI=1S/C17H21ClN6O2/c1-20-7-10-6-12(25)3-4-14(10)24-9-13(16(19)26)17(23-24)22-11-2-5-15(18)21-8-11/h2,5,7-10,12,14,25H,3-4,6H2,1H3,(H2,19,26)(H,22,23). The van der Waals surface area contributed by atoms with Crippen LogP contribution >= 0.6 is 11.6 Å². The van der Waals surface area contributed by atoms with Crippen molar-refractivity contribution >= 4 is 35.2 Å². The third-order valence-electron chi connectivity index (χ3n) is 4.50. The van der Waals surface area contributed by atoms with Crippen molar-refractivity contribution in [1.82, 2.24) is 14.8 Å². The number of rotatable bonds is 5. The van der Waals surface area contributed by atoms with Gasteiger partial charge in [-0.3, -0.25) is 9.48 Å². The zero-order valence-corrected chi connectivity index (χ0v) is 15.1. The molecule has 2 aromatic heterocycles. The van der Waals surface area contributed by atoms with E-state index in [2.05, 4.69) is 20.4 Å². The molecule has 4 N–H and O–H groups in total. The Morgan fingerprint density at radius 1 is 1.50 bits per heavy atom. The highest BCUT2D eigenvalue weighted by Crippen LogP contribution is 2.34. The third-order valence-corrected chi connectivity index (χ3v) is 4.73. The Kier molecular flexibility index (Phi) is 5.53. The second kappa shape index (κ2) is 7.84. The Hall–Kier alpha value is -2.45. The van der Waals surface area contributed by atoms with E-state index in [0.717, 1.165) is 6.42 Å². The predicted octanol–water partition coefficient (Wildman–Crippen LogP) is 2.18. The topological polar surface area (TPSA) is 118 Å². The number of anilines is 2. The average Bonchev–Trinajstić information content (AvgIpc) is 3.01. The second-order valence-corrected chi connectivity index (χ2v) is 6.72. The third kappa shape index (κ3) is 4.03. The van der Waals surface area contributed by atoms with Crippen molar-refractivity contribution in [3.05, 3.63) is 35.2 Å². The minimum atomic E-state index is -0.572. The Bertz CT molecular complexity index is 804. The van der Waals surface area contributed by atoms with Gasteiger partial charge >= 0.3 is 0 Å². The lowest BCUT2D eigenvalue weighted by molar-refractivity contribution is 0.0907. The maximum atomic E-state index is 11.8. The zero-order valence-electron chi connectivity index (χ0n) is 14.3. The fourth-order valence-corrected chi connectivity index (χ4v) is 3.38. The summed E-state index contributed by atoms with van der Waals surface area (Å²) in [4.78, 5) is 20.0. The number of carbonyl (C=O) groups excluding carboxylic acids is 1. The highest BCUT2D eigenvalue weighted by Gasteiger charge is 2.31. The van der Waals surface area contributed by atoms with Crippen LogP contribution in [0.15, 0.2) is 29.5 Å². The van der Waals surface area contributed by atoms with Crippen molar-refractivity contribution in [3.63, 3.8) is 0 Å². The van der Waals surface area contributed by atoms with Crippen LogP contribution in [0.4, 0.5) is 11.5 Å². The van der Waals surface area contributed by atoms with Crippen molar-refractivity contribution in [2.75, 3.05) is 12.4 Å². The van der Waals surface area contributed by atoms with Crippen molar-refractivity contribution in [2.24, 2.45) is 16.6 Å². The molecule has 0 saturated heterocycles. The number of primary amides is 1. The van der Waals surface area contributed by atoms with Gasteiger partial charge in [-0.15, -0.1) is 0 Å². The highest BCUT2D eigenvalue weighted by molar-refractivity contribution is 6.29. The van der Waals surface area contributed by atoms with Crippen LogP contribution < -0.4 is 11.1 Å². The van der Waals surface area contributed by atoms with Crippen LogP contribution in [0.3, 0.4) is 0 Å². The number of nitrogens with two attached hydrogens (primary N) is 1. The number of halogens is 1. The Labute approximate surface area is 156 Å². The number of amides is 1. The predicted molar refractivity (Wildman–Crippen MR) is 100 cm³/mol. The summed E-state index contributed by atoms with van der Waals surface area (Å²) in [5.74, 6) is -0.174. The minimum absolute atomic E-state index is 0.000840. The van der Waals surface area contributed by atoms with Crippen LogP contribution in [-0.2, 0) is 0 Å². The molecule has 0 bridgehead atoms. The van der Waals surface area contributed by atoms with Crippen molar-refractivity contribution < 1.29 is 9.90 Å². The summed E-state index contributed by atoms with van der Waals surface area (Å²) in [7, 11) is 1.70. The first kappa shape index (κ1) is 18.3. The van der Waals surface area contributed by atoms with Gasteiger partial charge in [0.1, 0.15) is 10.7 Å². The van der Waals surface area contributed by atoms with Gasteiger partial charge in [-0.05, 0) is 31.4 Å². The first-order chi connectivity index (χ1) is 12.5. The average molecular weight is 377 g/mol. The summed E-state index contributed by atoms with van der Waals surface area (Å²) in [6.07, 6.45) is 6.70. The van der Waals surface area contributed by atoms with Gasteiger partial charge < -0.3 is 21.1 Å². The van der Waals surface area contributed by atoms with E-state index in [1.54, 1.807) is 36.3 Å². The van der Waals surface area contributed by atoms with E-state index in [1.165, 1.54) is 0 Å². The molecule has 1 saturated carbocycles. The molecule has 26 heavy (non-hydrogen) atoms. The molecule has 3 atom stereocenters. The Balaban J connectivity index is 1.91. The van der Waals surface area contributed by atoms with Gasteiger partial charge in [0.2, 0.25) is 0 Å². The molecule has 2 aromatic rings. The number of nitrogens with zero attached hydrogens (tertiary/aromatic N) is 4. The molecule has 1 aliphatic carbocycles. The molecule has 9 heteroatoms. The molecule has 2 heterocycles. The lowest BCUT2D eigenvalue weighted by atomic mass is 9.83. The normalized spacial score (nSPS) is 23.3. The van der Waals surface area contributed by atoms with Crippen molar-refractivity contribution in [2.45, 2.75) is 31.4 Å². The maximum absolute atomic E-state index is 11.8. The van der Waals surface area contributed by atoms with Gasteiger partial charge in [0.15, 0.2) is 5.82 Å². The van der Waals surface area contributed by atoms with Crippen LogP contribution in [0.2, 0.25) is 5.15 Å². The van der Waals surface area contributed by atoms with Gasteiger partial charge in [-0.25, -0.2) is 4.98 Å². The monoisotopic (exact) mass is 376 g/mol. The molecule has 3 rings (SSSR count). The van der Waals surface area contributed by atoms with Crippen LogP contribution in [0, 0.1) is 5.92 Å². The van der Waals surface area contributed by atoms with E-state index in [1.807, 2.05) is 6.21 Å². The summed E-state index contributed by atoms with van der Waals surface area (Å²) in [5.41, 5.74) is 6.45. The molecular weight excluding hydrogens is 356 g/mol. The van der Waals surface area contributed by atoms with E-state index in [-0.39, 0.29) is 18.1 Å². The second-order valence-electron chi connectivity index (χ2n) is 6.34. The first-order valence-electron chi connectivity index (χ1n) is 8.35. The maximum Gasteiger partial charge on any atom is 0.254 e. The fraction of sp³-hybridized carbons (Fsp3) is 0.412. The molecule has 8 nitrogen and oxygen atoms in total. The van der Waals surface area contributed by atoms with E-state index in [4.69, 9.17) is 17.3 Å². The van der Waals surface area contributed by atoms with E-state index in [9.17, 15) is 9.90 Å². The Morgan fingerprint density at radius 3 is 2.96 bits per heavy atom. The molecule has 1 amide bonds. The van der Waals surface area contributed by atoms with Gasteiger partial charge in [0.05, 0.1) is 24.0 Å². The molecule has 0 radical (unpaired) electrons. The molecule has 138 valence electrons. The molecule has 3 unspecified atom stereocenters. The van der Waals surface area contributed by atoms with Crippen LogP contribution in [0.25, 0.3) is 0 Å². The SMILES string of the molecule is CN=CC1CC(O)CCC1n1cc(C(N)=O)c(Nc2ccc(Cl)nc2)n1. The number of aliphatic hydroxyl groups excluding tert-OH is 1. The van der Waals surface area contributed by atoms with Crippen molar-refractivity contribution in [3.8, 4) is 0 Å². The smallest absolute Gasteiger partial charge is 0.254 e. The molecule has 0 aliphatic heterocycles. The summed E-state index contributed by atoms with van der Waals surface area (Å²) in [6, 6.07) is 3.38. The largest absolute Gasteiger partial charge is 0.393 e. The zero-order chi connectivity index (χ0) is 18.7. The highest BCUT2D eigenvalue weighted by atomic mass is 35.5. The minimum Gasteiger partial charge on any atom is -0.393 e. The van der Waals surface area contributed by atoms with Crippen LogP contribution in [0.5, 0.6) is 0 Å². The number of carbonyl (C=O) groups is 1. The number of hydrogen-bond acceptors (Lipinski definition) is 6. The van der Waals surface area contributed by atoms with E-state index >= 15 is 0 Å². The van der Waals surface area contributed by atoms with Gasteiger partial charge in [-0.1, -0.05) is 11.6 Å². The van der Waals surface area contributed by atoms with Crippen molar-refractivity contribution in [1.29, 1.82) is 0 Å². The number of hydrogen-bond donors (Lipinski definition) is 3. The molecule has 1 fully saturated rings. The lowest BCUT2D eigenvalue weighted by Crippen LogP contribution is -2.31. The summed E-state index contributed by atoms with van der Waals surface area (Å²) in [6.45, 7) is 0. The van der Waals surface area contributed by atoms with Gasteiger partial charge in [-0.2, -0.15) is 5.10 Å². The Morgan fingerprint density at radius 2 is 2.31 bits per heavy atom. The summed E-state index contributed by atoms with van der Waals surface area (Å²) < 4.78 is 1.74. The van der Waals surface area contributed by atoms with Crippen LogP contribution in [-0.4, -0.2) is 45.1 Å². The number of pyridine rings is 1. The van der Waals surface area contributed by atoms with E-state index < -0.39 is 5.91 Å². The molecule has 0 spiro atoms. The fourth-order valence-electron chi connectivity index (χ4n) is 3.27. The molecular formula is C17H21ClN6O2. The number of aliphatic hydroxyl groups is 1. The van der Waals surface area contributed by atoms with Gasteiger partial charge in [0, 0.05) is 25.4 Å². The number of nitrogens with one attached hydrogen (secondary N) is 1. The number of aliphatic imine (C=N–C) groups is 1. The summed E-state index contributed by atoms with van der Waals surface area (Å²) >= 11 is 5.79. The summed E-state index contributed by atoms with van der Waals surface area (Å²) in [5, 5.41) is 17.9. The lowest BCUT2D eigenvalue weighted by Gasteiger charge is -2.32.